The van der Waals surface area contributed by atoms with Gasteiger partial charge >= 0.3 is 0 Å². The van der Waals surface area contributed by atoms with E-state index < -0.39 is 4.92 Å². The summed E-state index contributed by atoms with van der Waals surface area (Å²) in [5.41, 5.74) is 2.45. The summed E-state index contributed by atoms with van der Waals surface area (Å²) in [4.78, 5) is 22.8. The molecule has 1 N–H and O–H groups in total. The van der Waals surface area contributed by atoms with Crippen molar-refractivity contribution in [2.45, 2.75) is 13.3 Å². The Kier molecular flexibility index (Phi) is 3.80. The van der Waals surface area contributed by atoms with E-state index in [2.05, 4.69) is 12.2 Å². The normalized spacial score (nSPS) is 10.7. The topological polar surface area (TPSA) is 85.4 Å². The van der Waals surface area contributed by atoms with Gasteiger partial charge in [-0.3, -0.25) is 14.9 Å². The molecule has 1 amide bonds. The van der Waals surface area contributed by atoms with E-state index in [4.69, 9.17) is 4.42 Å². The minimum atomic E-state index is -0.502. The zero-order chi connectivity index (χ0) is 16.4. The Bertz CT molecular complexity index is 881. The number of rotatable bonds is 4. The lowest BCUT2D eigenvalue weighted by atomic mass is 10.1. The van der Waals surface area contributed by atoms with Gasteiger partial charge in [-0.2, -0.15) is 0 Å². The molecule has 0 saturated heterocycles. The molecule has 1 aromatic heterocycles. The number of aryl methyl sites for hydroxylation is 1. The summed E-state index contributed by atoms with van der Waals surface area (Å²) in [5, 5.41) is 14.1. The molecular weight excluding hydrogens is 296 g/mol. The van der Waals surface area contributed by atoms with Gasteiger partial charge in [0.25, 0.3) is 11.6 Å². The molecule has 0 aliphatic rings. The van der Waals surface area contributed by atoms with Crippen LogP contribution in [0.4, 0.5) is 11.4 Å². The molecular formula is C17H14N2O4. The number of fused-ring (bicyclic) bond motifs is 1. The Morgan fingerprint density at radius 3 is 2.61 bits per heavy atom. The summed E-state index contributed by atoms with van der Waals surface area (Å²) in [6.07, 6.45) is 2.23. The number of hydrogen-bond donors (Lipinski definition) is 1. The van der Waals surface area contributed by atoms with Crippen LogP contribution in [0.2, 0.25) is 0 Å². The fraction of sp³-hybridized carbons (Fsp3) is 0.118. The zero-order valence-electron chi connectivity index (χ0n) is 12.4. The van der Waals surface area contributed by atoms with Crippen LogP contribution in [0, 0.1) is 10.1 Å². The second kappa shape index (κ2) is 5.92. The van der Waals surface area contributed by atoms with Crippen molar-refractivity contribution in [2.75, 3.05) is 5.32 Å². The smallest absolute Gasteiger partial charge is 0.270 e. The van der Waals surface area contributed by atoms with Crippen LogP contribution in [0.5, 0.6) is 0 Å². The molecule has 23 heavy (non-hydrogen) atoms. The number of nitro benzene ring substituents is 1. The van der Waals surface area contributed by atoms with Crippen molar-refractivity contribution in [3.63, 3.8) is 0 Å². The number of carbonyl (C=O) groups excluding carboxylic acids is 1. The maximum absolute atomic E-state index is 12.4. The van der Waals surface area contributed by atoms with E-state index in [-0.39, 0.29) is 17.2 Å². The quantitative estimate of drug-likeness (QED) is 0.579. The molecule has 0 unspecified atom stereocenters. The average Bonchev–Trinajstić information content (AvgIpc) is 2.98. The molecule has 0 fully saturated rings. The minimum Gasteiger partial charge on any atom is -0.463 e. The van der Waals surface area contributed by atoms with Gasteiger partial charge in [0.15, 0.2) is 0 Å². The van der Waals surface area contributed by atoms with Crippen molar-refractivity contribution in [3.05, 3.63) is 70.0 Å². The molecule has 2 aromatic carbocycles. The molecule has 0 radical (unpaired) electrons. The first-order valence-electron chi connectivity index (χ1n) is 7.14. The van der Waals surface area contributed by atoms with Crippen LogP contribution >= 0.6 is 0 Å². The zero-order valence-corrected chi connectivity index (χ0v) is 12.4. The van der Waals surface area contributed by atoms with Crippen molar-refractivity contribution < 1.29 is 14.1 Å². The number of carbonyl (C=O) groups is 1. The first-order chi connectivity index (χ1) is 11.1. The van der Waals surface area contributed by atoms with Gasteiger partial charge in [0.2, 0.25) is 0 Å². The number of non-ortho nitro benzene ring substituents is 1. The Morgan fingerprint density at radius 1 is 1.22 bits per heavy atom. The number of nitrogens with zero attached hydrogens (tertiary/aromatic N) is 1. The molecule has 0 atom stereocenters. The number of nitrogens with one attached hydrogen (secondary N) is 1. The lowest BCUT2D eigenvalue weighted by molar-refractivity contribution is -0.384. The molecule has 3 rings (SSSR count). The molecule has 0 spiro atoms. The Balaban J connectivity index is 1.90. The van der Waals surface area contributed by atoms with E-state index in [9.17, 15) is 14.9 Å². The Morgan fingerprint density at radius 2 is 1.96 bits per heavy atom. The maximum Gasteiger partial charge on any atom is 0.270 e. The van der Waals surface area contributed by atoms with Crippen LogP contribution in [-0.2, 0) is 6.42 Å². The molecule has 0 bridgehead atoms. The van der Waals surface area contributed by atoms with E-state index in [0.29, 0.717) is 16.7 Å². The van der Waals surface area contributed by atoms with Crippen LogP contribution in [0.1, 0.15) is 22.8 Å². The number of amides is 1. The number of hydrogen-bond acceptors (Lipinski definition) is 4. The summed E-state index contributed by atoms with van der Waals surface area (Å²) >= 11 is 0. The maximum atomic E-state index is 12.4. The molecule has 0 aliphatic heterocycles. The van der Waals surface area contributed by atoms with E-state index >= 15 is 0 Å². The Labute approximate surface area is 131 Å². The number of benzene rings is 2. The largest absolute Gasteiger partial charge is 0.463 e. The van der Waals surface area contributed by atoms with Gasteiger partial charge in [-0.25, -0.2) is 0 Å². The third-order valence-electron chi connectivity index (χ3n) is 3.63. The average molecular weight is 310 g/mol. The van der Waals surface area contributed by atoms with Gasteiger partial charge in [-0.05, 0) is 30.2 Å². The minimum absolute atomic E-state index is 0.0831. The van der Waals surface area contributed by atoms with Crippen LogP contribution < -0.4 is 5.32 Å². The summed E-state index contributed by atoms with van der Waals surface area (Å²) in [6, 6.07) is 11.7. The third-order valence-corrected chi connectivity index (χ3v) is 3.63. The van der Waals surface area contributed by atoms with Crippen LogP contribution in [-0.4, -0.2) is 10.8 Å². The standard InChI is InChI=1S/C17H14N2O4/c1-2-11-3-5-12(6-4-11)18-17(20)15-10-23-16-8-7-13(19(21)22)9-14(15)16/h3-10H,2H2,1H3,(H,18,20). The predicted molar refractivity (Wildman–Crippen MR) is 86.6 cm³/mol. The fourth-order valence-electron chi connectivity index (χ4n) is 2.33. The first kappa shape index (κ1) is 14.8. The van der Waals surface area contributed by atoms with E-state index in [1.165, 1.54) is 30.0 Å². The predicted octanol–water partition coefficient (Wildman–Crippen LogP) is 4.16. The van der Waals surface area contributed by atoms with Crippen molar-refractivity contribution in [1.82, 2.24) is 0 Å². The van der Waals surface area contributed by atoms with Gasteiger partial charge in [0, 0.05) is 23.2 Å². The Hall–Kier alpha value is -3.15. The van der Waals surface area contributed by atoms with Crippen molar-refractivity contribution in [1.29, 1.82) is 0 Å². The van der Waals surface area contributed by atoms with Gasteiger partial charge < -0.3 is 9.73 Å². The number of anilines is 1. The SMILES string of the molecule is CCc1ccc(NC(=O)c2coc3ccc([N+](=O)[O-])cc23)cc1. The van der Waals surface area contributed by atoms with E-state index in [1.807, 2.05) is 24.3 Å². The summed E-state index contributed by atoms with van der Waals surface area (Å²) in [6.45, 7) is 2.05. The molecule has 116 valence electrons. The summed E-state index contributed by atoms with van der Waals surface area (Å²) < 4.78 is 5.30. The third kappa shape index (κ3) is 2.91. The van der Waals surface area contributed by atoms with Gasteiger partial charge in [0.05, 0.1) is 10.5 Å². The second-order valence-corrected chi connectivity index (χ2v) is 5.09. The lowest BCUT2D eigenvalue weighted by Crippen LogP contribution is -2.11. The van der Waals surface area contributed by atoms with Gasteiger partial charge in [0.1, 0.15) is 11.8 Å². The highest BCUT2D eigenvalue weighted by Crippen LogP contribution is 2.26. The monoisotopic (exact) mass is 310 g/mol. The molecule has 6 nitrogen and oxygen atoms in total. The fourth-order valence-corrected chi connectivity index (χ4v) is 2.33. The lowest BCUT2D eigenvalue weighted by Gasteiger charge is -2.05. The summed E-state index contributed by atoms with van der Waals surface area (Å²) in [5.74, 6) is -0.367. The van der Waals surface area contributed by atoms with E-state index in [0.717, 1.165) is 6.42 Å². The van der Waals surface area contributed by atoms with Gasteiger partial charge in [-0.1, -0.05) is 19.1 Å². The number of furan rings is 1. The van der Waals surface area contributed by atoms with Crippen LogP contribution in [0.25, 0.3) is 11.0 Å². The summed E-state index contributed by atoms with van der Waals surface area (Å²) in [7, 11) is 0. The van der Waals surface area contributed by atoms with Crippen LogP contribution in [0.15, 0.2) is 53.1 Å². The second-order valence-electron chi connectivity index (χ2n) is 5.09. The van der Waals surface area contributed by atoms with E-state index in [1.54, 1.807) is 0 Å². The van der Waals surface area contributed by atoms with Crippen molar-refractivity contribution in [2.24, 2.45) is 0 Å². The number of nitro groups is 1. The first-order valence-corrected chi connectivity index (χ1v) is 7.14. The molecule has 3 aromatic rings. The van der Waals surface area contributed by atoms with Crippen molar-refractivity contribution in [3.8, 4) is 0 Å². The van der Waals surface area contributed by atoms with Crippen molar-refractivity contribution >= 4 is 28.3 Å². The molecule has 1 heterocycles. The van der Waals surface area contributed by atoms with Gasteiger partial charge in [-0.15, -0.1) is 0 Å². The highest BCUT2D eigenvalue weighted by molar-refractivity contribution is 6.12. The molecule has 0 saturated carbocycles. The highest BCUT2D eigenvalue weighted by atomic mass is 16.6. The van der Waals surface area contributed by atoms with Crippen LogP contribution in [0.3, 0.4) is 0 Å². The molecule has 6 heteroatoms. The highest BCUT2D eigenvalue weighted by Gasteiger charge is 2.17. The molecule has 0 aliphatic carbocycles.